The summed E-state index contributed by atoms with van der Waals surface area (Å²) in [5.41, 5.74) is 0. The molecule has 4 nitrogen and oxygen atoms in total. The summed E-state index contributed by atoms with van der Waals surface area (Å²) in [5, 5.41) is 3.69. The molecule has 4 heteroatoms. The number of ether oxygens (including phenoxy) is 2. The van der Waals surface area contributed by atoms with Gasteiger partial charge in [-0.3, -0.25) is 0 Å². The molecule has 2 saturated carbocycles. The van der Waals surface area contributed by atoms with Gasteiger partial charge < -0.3 is 19.7 Å². The van der Waals surface area contributed by atoms with Crippen LogP contribution in [0.15, 0.2) is 0 Å². The molecule has 0 amide bonds. The molecule has 1 heterocycles. The maximum Gasteiger partial charge on any atom is 0.170 e. The van der Waals surface area contributed by atoms with Crippen LogP contribution >= 0.6 is 0 Å². The lowest BCUT2D eigenvalue weighted by Crippen LogP contribution is -2.57. The Hall–Kier alpha value is -0.160. The molecule has 3 aliphatic rings. The lowest BCUT2D eigenvalue weighted by molar-refractivity contribution is -0.192. The van der Waals surface area contributed by atoms with Crippen LogP contribution in [0.1, 0.15) is 51.9 Å². The molecule has 2 unspecified atom stereocenters. The Morgan fingerprint density at radius 3 is 2.52 bits per heavy atom. The lowest BCUT2D eigenvalue weighted by atomic mass is 9.84. The van der Waals surface area contributed by atoms with E-state index in [9.17, 15) is 0 Å². The van der Waals surface area contributed by atoms with Gasteiger partial charge in [0.2, 0.25) is 0 Å². The Balaban J connectivity index is 1.64. The van der Waals surface area contributed by atoms with Gasteiger partial charge in [-0.25, -0.2) is 0 Å². The Kier molecular flexibility index (Phi) is 5.20. The minimum Gasteiger partial charge on any atom is -0.347 e. The van der Waals surface area contributed by atoms with Crippen molar-refractivity contribution < 1.29 is 9.47 Å². The van der Waals surface area contributed by atoms with E-state index >= 15 is 0 Å². The third-order valence-corrected chi connectivity index (χ3v) is 5.69. The van der Waals surface area contributed by atoms with E-state index in [1.807, 2.05) is 0 Å². The Labute approximate surface area is 129 Å². The van der Waals surface area contributed by atoms with E-state index in [1.54, 1.807) is 0 Å². The second-order valence-corrected chi connectivity index (χ2v) is 7.17. The predicted molar refractivity (Wildman–Crippen MR) is 84.3 cm³/mol. The van der Waals surface area contributed by atoms with Crippen molar-refractivity contribution in [2.24, 2.45) is 5.92 Å². The maximum absolute atomic E-state index is 5.98. The van der Waals surface area contributed by atoms with E-state index < -0.39 is 0 Å². The standard InChI is InChI=1S/C17H32N2O2/c1-3-18-15-8-9-17(20-10-11-21-17)12-16(15)19(2)13-14-6-4-5-7-14/h14-16,18H,3-13H2,1-2H3. The quantitative estimate of drug-likeness (QED) is 0.844. The van der Waals surface area contributed by atoms with Gasteiger partial charge in [-0.2, -0.15) is 0 Å². The van der Waals surface area contributed by atoms with Crippen LogP contribution in [0.25, 0.3) is 0 Å². The number of rotatable bonds is 5. The van der Waals surface area contributed by atoms with Crippen LogP contribution in [-0.2, 0) is 9.47 Å². The highest BCUT2D eigenvalue weighted by Gasteiger charge is 2.46. The van der Waals surface area contributed by atoms with Gasteiger partial charge in [-0.1, -0.05) is 19.8 Å². The molecule has 21 heavy (non-hydrogen) atoms. The molecule has 1 spiro atoms. The first kappa shape index (κ1) is 15.7. The normalized spacial score (nSPS) is 33.3. The highest BCUT2D eigenvalue weighted by atomic mass is 16.7. The summed E-state index contributed by atoms with van der Waals surface area (Å²) in [4.78, 5) is 2.59. The van der Waals surface area contributed by atoms with Crippen molar-refractivity contribution in [3.8, 4) is 0 Å². The first-order chi connectivity index (χ1) is 10.2. The van der Waals surface area contributed by atoms with Crippen molar-refractivity contribution in [3.63, 3.8) is 0 Å². The summed E-state index contributed by atoms with van der Waals surface area (Å²) in [6.07, 6.45) is 8.91. The van der Waals surface area contributed by atoms with Crippen molar-refractivity contribution in [1.82, 2.24) is 10.2 Å². The maximum atomic E-state index is 5.98. The first-order valence-electron chi connectivity index (χ1n) is 8.94. The van der Waals surface area contributed by atoms with Gasteiger partial charge >= 0.3 is 0 Å². The van der Waals surface area contributed by atoms with Crippen molar-refractivity contribution in [2.45, 2.75) is 69.7 Å². The summed E-state index contributed by atoms with van der Waals surface area (Å²) in [6.45, 7) is 6.03. The lowest BCUT2D eigenvalue weighted by Gasteiger charge is -2.45. The van der Waals surface area contributed by atoms with Crippen molar-refractivity contribution >= 4 is 0 Å². The van der Waals surface area contributed by atoms with Crippen LogP contribution in [-0.4, -0.2) is 56.1 Å². The zero-order chi connectivity index (χ0) is 14.7. The van der Waals surface area contributed by atoms with Gasteiger partial charge in [0.1, 0.15) is 0 Å². The number of likely N-dealkylation sites (N-methyl/N-ethyl adjacent to an activating group) is 2. The summed E-state index contributed by atoms with van der Waals surface area (Å²) in [6, 6.07) is 1.12. The van der Waals surface area contributed by atoms with Crippen molar-refractivity contribution in [1.29, 1.82) is 0 Å². The molecule has 0 bridgehead atoms. The number of hydrogen-bond acceptors (Lipinski definition) is 4. The van der Waals surface area contributed by atoms with E-state index in [0.717, 1.165) is 44.9 Å². The van der Waals surface area contributed by atoms with E-state index in [-0.39, 0.29) is 5.79 Å². The molecule has 2 atom stereocenters. The predicted octanol–water partition coefficient (Wildman–Crippen LogP) is 2.38. The van der Waals surface area contributed by atoms with E-state index in [0.29, 0.717) is 12.1 Å². The number of hydrogen-bond donors (Lipinski definition) is 1. The smallest absolute Gasteiger partial charge is 0.170 e. The minimum absolute atomic E-state index is 0.277. The Morgan fingerprint density at radius 2 is 1.86 bits per heavy atom. The molecule has 0 radical (unpaired) electrons. The zero-order valence-corrected chi connectivity index (χ0v) is 13.8. The fourth-order valence-electron chi connectivity index (χ4n) is 4.59. The second-order valence-electron chi connectivity index (χ2n) is 7.17. The summed E-state index contributed by atoms with van der Waals surface area (Å²) in [5.74, 6) is 0.626. The topological polar surface area (TPSA) is 33.7 Å². The van der Waals surface area contributed by atoms with Crippen LogP contribution in [0.3, 0.4) is 0 Å². The fraction of sp³-hybridized carbons (Fsp3) is 1.00. The molecule has 1 saturated heterocycles. The van der Waals surface area contributed by atoms with E-state index in [4.69, 9.17) is 9.47 Å². The Morgan fingerprint density at radius 1 is 1.14 bits per heavy atom. The highest BCUT2D eigenvalue weighted by molar-refractivity contribution is 4.96. The fourth-order valence-corrected chi connectivity index (χ4v) is 4.59. The van der Waals surface area contributed by atoms with Gasteiger partial charge in [0.05, 0.1) is 13.2 Å². The molecule has 0 aromatic heterocycles. The molecule has 0 aromatic carbocycles. The average molecular weight is 296 g/mol. The van der Waals surface area contributed by atoms with Crippen LogP contribution in [0.4, 0.5) is 0 Å². The van der Waals surface area contributed by atoms with Crippen molar-refractivity contribution in [3.05, 3.63) is 0 Å². The van der Waals surface area contributed by atoms with Gasteiger partial charge in [-0.15, -0.1) is 0 Å². The SMILES string of the molecule is CCNC1CCC2(CC1N(C)CC1CCCC1)OCCO2. The zero-order valence-electron chi connectivity index (χ0n) is 13.8. The molecular weight excluding hydrogens is 264 g/mol. The Bertz CT molecular complexity index is 325. The van der Waals surface area contributed by atoms with Gasteiger partial charge in [0, 0.05) is 31.5 Å². The van der Waals surface area contributed by atoms with Crippen LogP contribution in [0, 0.1) is 5.92 Å². The molecule has 0 aromatic rings. The second kappa shape index (κ2) is 6.95. The number of nitrogens with zero attached hydrogens (tertiary/aromatic N) is 1. The summed E-state index contributed by atoms with van der Waals surface area (Å²) < 4.78 is 12.0. The van der Waals surface area contributed by atoms with Crippen LogP contribution in [0.2, 0.25) is 0 Å². The van der Waals surface area contributed by atoms with Crippen LogP contribution in [0.5, 0.6) is 0 Å². The van der Waals surface area contributed by atoms with Crippen LogP contribution < -0.4 is 5.32 Å². The molecule has 1 aliphatic heterocycles. The van der Waals surface area contributed by atoms with Gasteiger partial charge in [0.15, 0.2) is 5.79 Å². The average Bonchev–Trinajstić information content (AvgIpc) is 3.14. The monoisotopic (exact) mass is 296 g/mol. The molecule has 3 fully saturated rings. The number of nitrogens with one attached hydrogen (secondary N) is 1. The summed E-state index contributed by atoms with van der Waals surface area (Å²) >= 11 is 0. The molecular formula is C17H32N2O2. The molecule has 1 N–H and O–H groups in total. The summed E-state index contributed by atoms with van der Waals surface area (Å²) in [7, 11) is 2.31. The minimum atomic E-state index is -0.277. The molecule has 2 aliphatic carbocycles. The largest absolute Gasteiger partial charge is 0.347 e. The first-order valence-corrected chi connectivity index (χ1v) is 8.94. The molecule has 122 valence electrons. The molecule has 3 rings (SSSR count). The van der Waals surface area contributed by atoms with E-state index in [2.05, 4.69) is 24.2 Å². The highest BCUT2D eigenvalue weighted by Crippen LogP contribution is 2.38. The third-order valence-electron chi connectivity index (χ3n) is 5.69. The third kappa shape index (κ3) is 3.61. The van der Waals surface area contributed by atoms with Crippen molar-refractivity contribution in [2.75, 3.05) is 33.4 Å². The van der Waals surface area contributed by atoms with E-state index in [1.165, 1.54) is 32.2 Å². The van der Waals surface area contributed by atoms with Gasteiger partial charge in [0.25, 0.3) is 0 Å². The van der Waals surface area contributed by atoms with Gasteiger partial charge in [-0.05, 0) is 38.8 Å².